The number of ether oxygens (including phenoxy) is 1. The van der Waals surface area contributed by atoms with Crippen LogP contribution in [0, 0.1) is 13.8 Å². The van der Waals surface area contributed by atoms with Crippen LogP contribution in [0.2, 0.25) is 0 Å². The number of rotatable bonds is 6. The van der Waals surface area contributed by atoms with Crippen LogP contribution in [0.15, 0.2) is 30.5 Å². The van der Waals surface area contributed by atoms with E-state index in [1.54, 1.807) is 11.3 Å². The topological polar surface area (TPSA) is 78.9 Å². The zero-order valence-corrected chi connectivity index (χ0v) is 14.0. The molecule has 0 aliphatic heterocycles. The molecule has 23 heavy (non-hydrogen) atoms. The zero-order chi connectivity index (χ0) is 16.2. The molecule has 0 bridgehead atoms. The van der Waals surface area contributed by atoms with Crippen LogP contribution in [0.4, 0.5) is 0 Å². The average Bonchev–Trinajstić information content (AvgIpc) is 3.12. The first kappa shape index (κ1) is 15.6. The lowest BCUT2D eigenvalue weighted by Crippen LogP contribution is -2.02. The van der Waals surface area contributed by atoms with Crippen LogP contribution in [0.5, 0.6) is 5.75 Å². The van der Waals surface area contributed by atoms with Crippen molar-refractivity contribution >= 4 is 11.3 Å². The molecule has 0 saturated heterocycles. The number of hydrogen-bond donors (Lipinski definition) is 1. The number of thiazole rings is 1. The van der Waals surface area contributed by atoms with E-state index < -0.39 is 0 Å². The molecule has 0 saturated carbocycles. The van der Waals surface area contributed by atoms with Crippen LogP contribution in [0.3, 0.4) is 0 Å². The van der Waals surface area contributed by atoms with E-state index in [0.717, 1.165) is 27.7 Å². The van der Waals surface area contributed by atoms with E-state index in [1.165, 1.54) is 4.88 Å². The first-order valence-electron chi connectivity index (χ1n) is 7.38. The highest BCUT2D eigenvalue weighted by atomic mass is 32.1. The summed E-state index contributed by atoms with van der Waals surface area (Å²) in [5.41, 5.74) is 8.53. The molecule has 1 aromatic carbocycles. The quantitative estimate of drug-likeness (QED) is 0.751. The van der Waals surface area contributed by atoms with E-state index in [1.807, 2.05) is 49.0 Å². The highest BCUT2D eigenvalue weighted by Gasteiger charge is 2.08. The van der Waals surface area contributed by atoms with Gasteiger partial charge in [-0.2, -0.15) is 0 Å². The smallest absolute Gasteiger partial charge is 0.134 e. The molecule has 2 heterocycles. The van der Waals surface area contributed by atoms with Gasteiger partial charge in [-0.1, -0.05) is 23.4 Å². The second-order valence-corrected chi connectivity index (χ2v) is 6.54. The lowest BCUT2D eigenvalue weighted by atomic mass is 10.2. The largest absolute Gasteiger partial charge is 0.487 e. The number of aryl methyl sites for hydroxylation is 2. The third-order valence-corrected chi connectivity index (χ3v) is 4.52. The normalized spacial score (nSPS) is 10.9. The number of para-hydroxylation sites is 1. The average molecular weight is 329 g/mol. The van der Waals surface area contributed by atoms with Gasteiger partial charge in [0.05, 0.1) is 23.4 Å². The standard InChI is InChI=1S/C16H19N5OS/c1-11-16(23-12(2)18-11)9-21-8-14(19-20-21)10-22-15-6-4-3-5-13(15)7-17/h3-6,8H,7,9-10,17H2,1-2H3. The SMILES string of the molecule is Cc1nc(C)c(Cn2cc(COc3ccccc3CN)nn2)s1. The molecule has 0 atom stereocenters. The van der Waals surface area contributed by atoms with E-state index in [4.69, 9.17) is 10.5 Å². The summed E-state index contributed by atoms with van der Waals surface area (Å²) in [4.78, 5) is 5.63. The number of benzene rings is 1. The van der Waals surface area contributed by atoms with Crippen molar-refractivity contribution in [1.29, 1.82) is 0 Å². The van der Waals surface area contributed by atoms with Crippen LogP contribution in [0.25, 0.3) is 0 Å². The Kier molecular flexibility index (Phi) is 4.68. The summed E-state index contributed by atoms with van der Waals surface area (Å²) in [6, 6.07) is 7.75. The molecule has 0 unspecified atom stereocenters. The molecule has 120 valence electrons. The predicted octanol–water partition coefficient (Wildman–Crippen LogP) is 2.44. The number of aromatic nitrogens is 4. The van der Waals surface area contributed by atoms with Crippen molar-refractivity contribution in [2.24, 2.45) is 5.73 Å². The molecular weight excluding hydrogens is 310 g/mol. The van der Waals surface area contributed by atoms with Gasteiger partial charge in [-0.05, 0) is 19.9 Å². The Morgan fingerprint density at radius 2 is 2.09 bits per heavy atom. The van der Waals surface area contributed by atoms with E-state index in [9.17, 15) is 0 Å². The Morgan fingerprint density at radius 3 is 2.83 bits per heavy atom. The van der Waals surface area contributed by atoms with Gasteiger partial charge in [0.15, 0.2) is 0 Å². The summed E-state index contributed by atoms with van der Waals surface area (Å²) in [5.74, 6) is 0.790. The van der Waals surface area contributed by atoms with Gasteiger partial charge in [0.1, 0.15) is 18.1 Å². The molecule has 6 nitrogen and oxygen atoms in total. The van der Waals surface area contributed by atoms with Gasteiger partial charge in [-0.15, -0.1) is 16.4 Å². The van der Waals surface area contributed by atoms with E-state index >= 15 is 0 Å². The molecule has 0 radical (unpaired) electrons. The maximum Gasteiger partial charge on any atom is 0.134 e. The molecule has 3 aromatic rings. The van der Waals surface area contributed by atoms with Crippen molar-refractivity contribution in [3.05, 3.63) is 57.3 Å². The molecule has 3 rings (SSSR count). The van der Waals surface area contributed by atoms with Gasteiger partial charge >= 0.3 is 0 Å². The van der Waals surface area contributed by atoms with E-state index in [2.05, 4.69) is 15.3 Å². The van der Waals surface area contributed by atoms with Gasteiger partial charge in [-0.25, -0.2) is 9.67 Å². The van der Waals surface area contributed by atoms with Crippen LogP contribution in [-0.4, -0.2) is 20.0 Å². The lowest BCUT2D eigenvalue weighted by molar-refractivity contribution is 0.298. The Morgan fingerprint density at radius 1 is 1.26 bits per heavy atom. The predicted molar refractivity (Wildman–Crippen MR) is 89.4 cm³/mol. The number of hydrogen-bond acceptors (Lipinski definition) is 6. The highest BCUT2D eigenvalue weighted by molar-refractivity contribution is 7.11. The van der Waals surface area contributed by atoms with Crippen molar-refractivity contribution in [1.82, 2.24) is 20.0 Å². The molecule has 7 heteroatoms. The van der Waals surface area contributed by atoms with E-state index in [0.29, 0.717) is 19.7 Å². The molecule has 0 spiro atoms. The van der Waals surface area contributed by atoms with Crippen LogP contribution >= 0.6 is 11.3 Å². The number of nitrogens with two attached hydrogens (primary N) is 1. The zero-order valence-electron chi connectivity index (χ0n) is 13.2. The van der Waals surface area contributed by atoms with Gasteiger partial charge in [0.2, 0.25) is 0 Å². The van der Waals surface area contributed by atoms with Crippen molar-refractivity contribution in [3.8, 4) is 5.75 Å². The van der Waals surface area contributed by atoms with Gasteiger partial charge in [0, 0.05) is 17.0 Å². The van der Waals surface area contributed by atoms with Crippen molar-refractivity contribution in [2.75, 3.05) is 0 Å². The fourth-order valence-corrected chi connectivity index (χ4v) is 3.24. The Bertz CT molecular complexity index is 795. The van der Waals surface area contributed by atoms with Gasteiger partial charge in [0.25, 0.3) is 0 Å². The maximum absolute atomic E-state index is 5.80. The summed E-state index contributed by atoms with van der Waals surface area (Å²) in [7, 11) is 0. The Hall–Kier alpha value is -2.25. The third-order valence-electron chi connectivity index (χ3n) is 3.46. The minimum absolute atomic E-state index is 0.373. The molecule has 0 aliphatic rings. The lowest BCUT2D eigenvalue weighted by Gasteiger charge is -2.08. The molecule has 0 aliphatic carbocycles. The number of nitrogens with zero attached hydrogens (tertiary/aromatic N) is 4. The molecule has 0 amide bonds. The van der Waals surface area contributed by atoms with Crippen LogP contribution in [-0.2, 0) is 19.7 Å². The van der Waals surface area contributed by atoms with Gasteiger partial charge in [-0.3, -0.25) is 0 Å². The summed E-state index contributed by atoms with van der Waals surface area (Å²) in [5, 5.41) is 9.39. The Labute approximate surface area is 138 Å². The molecule has 2 N–H and O–H groups in total. The first-order valence-corrected chi connectivity index (χ1v) is 8.20. The maximum atomic E-state index is 5.80. The first-order chi connectivity index (χ1) is 11.2. The van der Waals surface area contributed by atoms with Crippen molar-refractivity contribution < 1.29 is 4.74 Å². The van der Waals surface area contributed by atoms with Crippen molar-refractivity contribution in [3.63, 3.8) is 0 Å². The fraction of sp³-hybridized carbons (Fsp3) is 0.312. The van der Waals surface area contributed by atoms with Gasteiger partial charge < -0.3 is 10.5 Å². The second kappa shape index (κ2) is 6.89. The summed E-state index contributed by atoms with van der Waals surface area (Å²) in [6.07, 6.45) is 1.90. The summed E-state index contributed by atoms with van der Waals surface area (Å²) < 4.78 is 7.61. The molecule has 2 aromatic heterocycles. The summed E-state index contributed by atoms with van der Waals surface area (Å²) >= 11 is 1.69. The fourth-order valence-electron chi connectivity index (χ4n) is 2.31. The highest BCUT2D eigenvalue weighted by Crippen LogP contribution is 2.19. The van der Waals surface area contributed by atoms with Crippen LogP contribution < -0.4 is 10.5 Å². The third kappa shape index (κ3) is 3.75. The minimum Gasteiger partial charge on any atom is -0.487 e. The van der Waals surface area contributed by atoms with Crippen molar-refractivity contribution in [2.45, 2.75) is 33.5 Å². The molecular formula is C16H19N5OS. The second-order valence-electron chi connectivity index (χ2n) is 5.25. The van der Waals surface area contributed by atoms with Crippen LogP contribution in [0.1, 0.15) is 26.8 Å². The summed E-state index contributed by atoms with van der Waals surface area (Å²) in [6.45, 7) is 5.54. The Balaban J connectivity index is 1.64. The minimum atomic E-state index is 0.373. The van der Waals surface area contributed by atoms with E-state index in [-0.39, 0.29) is 0 Å². The monoisotopic (exact) mass is 329 g/mol. The molecule has 0 fully saturated rings.